The number of esters is 1. The summed E-state index contributed by atoms with van der Waals surface area (Å²) in [6.07, 6.45) is 1.91. The molecule has 0 unspecified atom stereocenters. The number of hydrogen-bond donors (Lipinski definition) is 0. The zero-order valence-electron chi connectivity index (χ0n) is 15.2. The van der Waals surface area contributed by atoms with E-state index in [1.807, 2.05) is 25.1 Å². The number of carbonyl (C=O) groups is 1. The van der Waals surface area contributed by atoms with Crippen molar-refractivity contribution in [3.63, 3.8) is 0 Å². The molecule has 4 rings (SSSR count). The molecule has 0 N–H and O–H groups in total. The third-order valence-corrected chi connectivity index (χ3v) is 4.82. The van der Waals surface area contributed by atoms with Gasteiger partial charge in [0.15, 0.2) is 5.82 Å². The maximum absolute atomic E-state index is 11.8. The first-order valence-electron chi connectivity index (χ1n) is 8.78. The number of fused-ring (bicyclic) bond motifs is 2. The van der Waals surface area contributed by atoms with Crippen LogP contribution in [0, 0.1) is 18.3 Å². The predicted molar refractivity (Wildman–Crippen MR) is 102 cm³/mol. The van der Waals surface area contributed by atoms with E-state index in [0.29, 0.717) is 16.6 Å². The lowest BCUT2D eigenvalue weighted by Crippen LogP contribution is -2.26. The molecule has 0 radical (unpaired) electrons. The number of ether oxygens (including phenoxy) is 1. The van der Waals surface area contributed by atoms with Crippen molar-refractivity contribution in [2.45, 2.75) is 19.8 Å². The highest BCUT2D eigenvalue weighted by Crippen LogP contribution is 2.35. The topological polar surface area (TPSA) is 79.1 Å². The lowest BCUT2D eigenvalue weighted by atomic mass is 9.99. The fourth-order valence-corrected chi connectivity index (χ4v) is 3.52. The summed E-state index contributed by atoms with van der Waals surface area (Å²) in [5.41, 5.74) is 5.53. The number of nitriles is 1. The average Bonchev–Trinajstić information content (AvgIpc) is 2.71. The van der Waals surface area contributed by atoms with Crippen LogP contribution in [0.25, 0.3) is 11.0 Å². The number of nitrogens with zero attached hydrogens (tertiary/aromatic N) is 4. The van der Waals surface area contributed by atoms with Crippen LogP contribution in [-0.4, -0.2) is 29.6 Å². The zero-order valence-corrected chi connectivity index (χ0v) is 15.2. The summed E-state index contributed by atoms with van der Waals surface area (Å²) in [6.45, 7) is 2.77. The van der Waals surface area contributed by atoms with E-state index in [-0.39, 0.29) is 0 Å². The average molecular weight is 358 g/mol. The molecule has 1 aliphatic heterocycles. The minimum atomic E-state index is -0.395. The van der Waals surface area contributed by atoms with Gasteiger partial charge >= 0.3 is 5.97 Å². The standard InChI is InChI=1S/C21H18N4O2/c1-13-20(24-18-11-16(21(26)27-2)6-7-17(18)23-13)25-9-3-4-15-10-14(12-22)5-8-19(15)25/h5-8,10-11H,3-4,9H2,1-2H3. The van der Waals surface area contributed by atoms with Gasteiger partial charge in [0.25, 0.3) is 0 Å². The molecule has 2 aromatic carbocycles. The number of benzene rings is 2. The number of methoxy groups -OCH3 is 1. The van der Waals surface area contributed by atoms with E-state index in [4.69, 9.17) is 15.0 Å². The SMILES string of the molecule is COC(=O)c1ccc2nc(C)c(N3CCCc4cc(C#N)ccc43)nc2c1. The largest absolute Gasteiger partial charge is 0.465 e. The molecule has 0 fully saturated rings. The van der Waals surface area contributed by atoms with E-state index < -0.39 is 5.97 Å². The summed E-state index contributed by atoms with van der Waals surface area (Å²) in [4.78, 5) is 23.5. The molecule has 0 atom stereocenters. The van der Waals surface area contributed by atoms with E-state index in [0.717, 1.165) is 47.7 Å². The van der Waals surface area contributed by atoms with Crippen LogP contribution in [0.15, 0.2) is 36.4 Å². The Kier molecular flexibility index (Phi) is 4.21. The highest BCUT2D eigenvalue weighted by Gasteiger charge is 2.22. The Balaban J connectivity index is 1.83. The molecule has 1 aromatic heterocycles. The number of aryl methyl sites for hydroxylation is 2. The molecule has 0 bridgehead atoms. The molecule has 0 saturated carbocycles. The summed E-state index contributed by atoms with van der Waals surface area (Å²) in [5.74, 6) is 0.378. The molecular weight excluding hydrogens is 340 g/mol. The molecule has 1 aliphatic rings. The second kappa shape index (κ2) is 6.69. The third kappa shape index (κ3) is 2.97. The lowest BCUT2D eigenvalue weighted by molar-refractivity contribution is 0.0601. The summed E-state index contributed by atoms with van der Waals surface area (Å²) >= 11 is 0. The predicted octanol–water partition coefficient (Wildman–Crippen LogP) is 3.68. The minimum absolute atomic E-state index is 0.395. The van der Waals surface area contributed by atoms with Crippen molar-refractivity contribution < 1.29 is 9.53 Å². The summed E-state index contributed by atoms with van der Waals surface area (Å²) in [6, 6.07) is 13.1. The van der Waals surface area contributed by atoms with Crippen molar-refractivity contribution in [1.82, 2.24) is 9.97 Å². The van der Waals surface area contributed by atoms with Crippen LogP contribution in [-0.2, 0) is 11.2 Å². The Labute approximate surface area is 157 Å². The Morgan fingerprint density at radius 2 is 2.04 bits per heavy atom. The van der Waals surface area contributed by atoms with Gasteiger partial charge in [-0.25, -0.2) is 14.8 Å². The van der Waals surface area contributed by atoms with Crippen molar-refractivity contribution >= 4 is 28.5 Å². The first-order chi connectivity index (χ1) is 13.1. The van der Waals surface area contributed by atoms with E-state index >= 15 is 0 Å². The normalized spacial score (nSPS) is 13.1. The molecule has 134 valence electrons. The highest BCUT2D eigenvalue weighted by atomic mass is 16.5. The minimum Gasteiger partial charge on any atom is -0.465 e. The molecule has 0 aliphatic carbocycles. The number of rotatable bonds is 2. The Morgan fingerprint density at radius 1 is 1.19 bits per heavy atom. The fourth-order valence-electron chi connectivity index (χ4n) is 3.52. The molecule has 0 spiro atoms. The maximum atomic E-state index is 11.8. The summed E-state index contributed by atoms with van der Waals surface area (Å²) < 4.78 is 4.80. The van der Waals surface area contributed by atoms with E-state index in [9.17, 15) is 4.79 Å². The molecule has 27 heavy (non-hydrogen) atoms. The van der Waals surface area contributed by atoms with Crippen molar-refractivity contribution in [3.05, 3.63) is 58.8 Å². The number of carbonyl (C=O) groups excluding carboxylic acids is 1. The van der Waals surface area contributed by atoms with Crippen molar-refractivity contribution in [2.24, 2.45) is 0 Å². The van der Waals surface area contributed by atoms with Gasteiger partial charge < -0.3 is 9.64 Å². The van der Waals surface area contributed by atoms with Gasteiger partial charge in [0.2, 0.25) is 0 Å². The second-order valence-electron chi connectivity index (χ2n) is 6.54. The van der Waals surface area contributed by atoms with Gasteiger partial charge in [0.05, 0.1) is 41.0 Å². The number of hydrogen-bond acceptors (Lipinski definition) is 6. The Bertz CT molecular complexity index is 1100. The van der Waals surface area contributed by atoms with Crippen LogP contribution in [0.2, 0.25) is 0 Å². The first-order valence-corrected chi connectivity index (χ1v) is 8.78. The van der Waals surface area contributed by atoms with Gasteiger partial charge in [-0.3, -0.25) is 0 Å². The zero-order chi connectivity index (χ0) is 19.0. The smallest absolute Gasteiger partial charge is 0.337 e. The van der Waals surface area contributed by atoms with Gasteiger partial charge in [0, 0.05) is 12.2 Å². The number of anilines is 2. The summed E-state index contributed by atoms with van der Waals surface area (Å²) in [5, 5.41) is 9.15. The molecule has 2 heterocycles. The molecule has 0 amide bonds. The van der Waals surface area contributed by atoms with Gasteiger partial charge in [-0.1, -0.05) is 0 Å². The van der Waals surface area contributed by atoms with Crippen LogP contribution in [0.4, 0.5) is 11.5 Å². The molecule has 6 heteroatoms. The van der Waals surface area contributed by atoms with Crippen LogP contribution in [0.5, 0.6) is 0 Å². The quantitative estimate of drug-likeness (QED) is 0.650. The molecular formula is C21H18N4O2. The van der Waals surface area contributed by atoms with E-state index in [2.05, 4.69) is 16.0 Å². The molecule has 6 nitrogen and oxygen atoms in total. The number of aromatic nitrogens is 2. The Morgan fingerprint density at radius 3 is 2.81 bits per heavy atom. The first kappa shape index (κ1) is 17.0. The van der Waals surface area contributed by atoms with Crippen LogP contribution >= 0.6 is 0 Å². The highest BCUT2D eigenvalue weighted by molar-refractivity contribution is 5.93. The van der Waals surface area contributed by atoms with Crippen LogP contribution < -0.4 is 4.90 Å². The van der Waals surface area contributed by atoms with Crippen LogP contribution in [0.3, 0.4) is 0 Å². The maximum Gasteiger partial charge on any atom is 0.337 e. The summed E-state index contributed by atoms with van der Waals surface area (Å²) in [7, 11) is 1.36. The molecule has 0 saturated heterocycles. The fraction of sp³-hybridized carbons (Fsp3) is 0.238. The van der Waals surface area contributed by atoms with Gasteiger partial charge in [-0.15, -0.1) is 0 Å². The van der Waals surface area contributed by atoms with Gasteiger partial charge in [-0.2, -0.15) is 5.26 Å². The van der Waals surface area contributed by atoms with Crippen molar-refractivity contribution in [2.75, 3.05) is 18.6 Å². The third-order valence-electron chi connectivity index (χ3n) is 4.82. The van der Waals surface area contributed by atoms with Crippen molar-refractivity contribution in [1.29, 1.82) is 5.26 Å². The monoisotopic (exact) mass is 358 g/mol. The van der Waals surface area contributed by atoms with Gasteiger partial charge in [-0.05, 0) is 61.7 Å². The lowest BCUT2D eigenvalue weighted by Gasteiger charge is -2.31. The second-order valence-corrected chi connectivity index (χ2v) is 6.54. The van der Waals surface area contributed by atoms with E-state index in [1.54, 1.807) is 18.2 Å². The van der Waals surface area contributed by atoms with Crippen molar-refractivity contribution in [3.8, 4) is 6.07 Å². The Hall–Kier alpha value is -3.46. The van der Waals surface area contributed by atoms with Crippen LogP contribution in [0.1, 0.15) is 33.6 Å². The molecule has 3 aromatic rings. The van der Waals surface area contributed by atoms with E-state index in [1.165, 1.54) is 7.11 Å². The van der Waals surface area contributed by atoms with Gasteiger partial charge in [0.1, 0.15) is 0 Å².